The van der Waals surface area contributed by atoms with Crippen LogP contribution in [0.3, 0.4) is 0 Å². The molecule has 4 heterocycles. The van der Waals surface area contributed by atoms with Crippen molar-refractivity contribution in [3.63, 3.8) is 0 Å². The molecule has 0 unspecified atom stereocenters. The minimum absolute atomic E-state index is 0.230. The van der Waals surface area contributed by atoms with Crippen LogP contribution in [0, 0.1) is 0 Å². The highest BCUT2D eigenvalue weighted by Crippen LogP contribution is 2.30. The highest BCUT2D eigenvalue weighted by molar-refractivity contribution is 6.02. The molecule has 1 saturated carbocycles. The van der Waals surface area contributed by atoms with Crippen LogP contribution >= 0.6 is 0 Å². The molecule has 1 aliphatic rings. The van der Waals surface area contributed by atoms with E-state index in [1.807, 2.05) is 12.3 Å². The average molecular weight is 469 g/mol. The van der Waals surface area contributed by atoms with E-state index in [-0.39, 0.29) is 5.56 Å². The summed E-state index contributed by atoms with van der Waals surface area (Å²) in [7, 11) is 1.76. The average Bonchev–Trinajstić information content (AvgIpc) is 3.46. The zero-order chi connectivity index (χ0) is 23.7. The van der Waals surface area contributed by atoms with E-state index in [4.69, 9.17) is 4.74 Å². The molecule has 0 atom stereocenters. The first-order chi connectivity index (χ1) is 16.5. The third-order valence-corrected chi connectivity index (χ3v) is 6.27. The molecule has 4 aromatic heterocycles. The Morgan fingerprint density at radius 2 is 2.12 bits per heavy atom. The number of carbonyl (C=O) groups excluding carboxylic acids is 1. The molecule has 0 bridgehead atoms. The highest BCUT2D eigenvalue weighted by atomic mass is 19.3. The van der Waals surface area contributed by atoms with Crippen molar-refractivity contribution >= 4 is 28.4 Å². The molecule has 0 aliphatic heterocycles. The summed E-state index contributed by atoms with van der Waals surface area (Å²) in [5.41, 5.74) is 3.13. The van der Waals surface area contributed by atoms with Crippen molar-refractivity contribution in [2.45, 2.75) is 44.3 Å². The molecule has 1 amide bonds. The number of anilines is 1. The van der Waals surface area contributed by atoms with Crippen LogP contribution in [0.1, 0.15) is 36.0 Å². The van der Waals surface area contributed by atoms with Gasteiger partial charge in [-0.25, -0.2) is 18.3 Å². The van der Waals surface area contributed by atoms with Gasteiger partial charge in [0.2, 0.25) is 5.95 Å². The molecule has 5 rings (SSSR count). The normalized spacial score (nSPS) is 18.6. The van der Waals surface area contributed by atoms with Crippen molar-refractivity contribution in [2.24, 2.45) is 0 Å². The summed E-state index contributed by atoms with van der Waals surface area (Å²) in [6.45, 7) is -0.708. The number of alkyl halides is 2. The Morgan fingerprint density at radius 1 is 1.29 bits per heavy atom. The molecule has 3 N–H and O–H groups in total. The van der Waals surface area contributed by atoms with Crippen molar-refractivity contribution in [3.8, 4) is 11.1 Å². The second-order valence-corrected chi connectivity index (χ2v) is 8.42. The number of amides is 1. The lowest BCUT2D eigenvalue weighted by atomic mass is 9.93. The lowest BCUT2D eigenvalue weighted by Crippen LogP contribution is -2.29. The minimum atomic E-state index is -2.62. The van der Waals surface area contributed by atoms with Gasteiger partial charge in [-0.15, -0.1) is 0 Å². The molecule has 0 radical (unpaired) electrons. The quantitative estimate of drug-likeness (QED) is 0.381. The van der Waals surface area contributed by atoms with Crippen LogP contribution in [0.4, 0.5) is 14.7 Å². The van der Waals surface area contributed by atoms with Gasteiger partial charge in [0, 0.05) is 42.7 Å². The fourth-order valence-corrected chi connectivity index (χ4v) is 4.43. The molecular formula is C23H25F2N7O2. The van der Waals surface area contributed by atoms with Crippen molar-refractivity contribution in [1.82, 2.24) is 29.9 Å². The lowest BCUT2D eigenvalue weighted by Gasteiger charge is -2.28. The smallest absolute Gasteiger partial charge is 0.255 e. The number of pyridine rings is 1. The predicted octanol–water partition coefficient (Wildman–Crippen LogP) is 3.64. The van der Waals surface area contributed by atoms with Gasteiger partial charge in [0.05, 0.1) is 29.9 Å². The van der Waals surface area contributed by atoms with E-state index >= 15 is 0 Å². The molecule has 34 heavy (non-hydrogen) atoms. The summed E-state index contributed by atoms with van der Waals surface area (Å²) in [6.07, 6.45) is 8.47. The van der Waals surface area contributed by atoms with E-state index in [1.54, 1.807) is 25.6 Å². The maximum Gasteiger partial charge on any atom is 0.255 e. The van der Waals surface area contributed by atoms with Crippen molar-refractivity contribution in [3.05, 3.63) is 42.5 Å². The van der Waals surface area contributed by atoms with E-state index in [9.17, 15) is 13.6 Å². The third kappa shape index (κ3) is 4.43. The Morgan fingerprint density at radius 3 is 2.88 bits per heavy atom. The number of halogens is 2. The number of carbonyl (C=O) groups is 1. The van der Waals surface area contributed by atoms with E-state index in [1.165, 1.54) is 10.7 Å². The zero-order valence-electron chi connectivity index (χ0n) is 18.6. The number of methoxy groups -OCH3 is 1. The largest absolute Gasteiger partial charge is 0.381 e. The van der Waals surface area contributed by atoms with Crippen LogP contribution < -0.4 is 10.6 Å². The first-order valence-electron chi connectivity index (χ1n) is 11.2. The first-order valence-corrected chi connectivity index (χ1v) is 11.2. The maximum atomic E-state index is 12.5. The Balaban J connectivity index is 1.38. The number of aromatic amines is 1. The molecule has 1 aliphatic carbocycles. The van der Waals surface area contributed by atoms with E-state index < -0.39 is 18.9 Å². The minimum Gasteiger partial charge on any atom is -0.381 e. The van der Waals surface area contributed by atoms with Gasteiger partial charge >= 0.3 is 0 Å². The molecule has 0 spiro atoms. The number of ether oxygens (including phenoxy) is 1. The third-order valence-electron chi connectivity index (χ3n) is 6.27. The van der Waals surface area contributed by atoms with Crippen molar-refractivity contribution in [2.75, 3.05) is 19.0 Å². The van der Waals surface area contributed by atoms with Crippen molar-refractivity contribution < 1.29 is 18.3 Å². The molecule has 0 aromatic carbocycles. The molecule has 4 aromatic rings. The van der Waals surface area contributed by atoms with Crippen LogP contribution in [-0.4, -0.2) is 62.7 Å². The maximum absolute atomic E-state index is 12.5. The zero-order valence-corrected chi connectivity index (χ0v) is 18.6. The van der Waals surface area contributed by atoms with Gasteiger partial charge in [-0.05, 0) is 43.4 Å². The molecule has 178 valence electrons. The number of hydrogen-bond donors (Lipinski definition) is 3. The summed E-state index contributed by atoms with van der Waals surface area (Å²) in [4.78, 5) is 24.7. The second-order valence-electron chi connectivity index (χ2n) is 8.42. The fraction of sp³-hybridized carbons (Fsp3) is 0.391. The number of nitrogens with one attached hydrogen (secondary N) is 3. The van der Waals surface area contributed by atoms with E-state index in [0.29, 0.717) is 29.3 Å². The van der Waals surface area contributed by atoms with Gasteiger partial charge in [-0.3, -0.25) is 4.79 Å². The van der Waals surface area contributed by atoms with Gasteiger partial charge in [0.25, 0.3) is 12.3 Å². The number of H-pyrrole nitrogens is 1. The standard InChI is InChI=1S/C23H25F2N7O2/c1-34-15-4-2-14(3-5-15)30-23-28-10-17-16(9-26-21(17)31-23)13-6-7-32-19(8-13)18(11-29-32)22(33)27-12-20(24)25/h6-11,14-15,20H,2-5,12H2,1H3,(H,27,33)(H2,26,28,30,31)/t14-,15+. The fourth-order valence-electron chi connectivity index (χ4n) is 4.43. The number of nitrogens with zero attached hydrogens (tertiary/aromatic N) is 4. The van der Waals surface area contributed by atoms with E-state index in [0.717, 1.165) is 42.2 Å². The summed E-state index contributed by atoms with van der Waals surface area (Å²) in [5, 5.41) is 10.6. The molecule has 11 heteroatoms. The number of aromatic nitrogens is 5. The second kappa shape index (κ2) is 9.34. The summed E-state index contributed by atoms with van der Waals surface area (Å²) in [5.74, 6) is -0.0176. The molecular weight excluding hydrogens is 444 g/mol. The lowest BCUT2D eigenvalue weighted by molar-refractivity contribution is 0.0681. The van der Waals surface area contributed by atoms with Crippen LogP contribution in [0.2, 0.25) is 0 Å². The van der Waals surface area contributed by atoms with Gasteiger partial charge in [0.1, 0.15) is 5.65 Å². The van der Waals surface area contributed by atoms with Crippen LogP contribution in [0.5, 0.6) is 0 Å². The van der Waals surface area contributed by atoms with E-state index in [2.05, 4.69) is 30.7 Å². The SMILES string of the molecule is CO[C@H]1CC[C@@H](Nc2ncc3c(-c4ccn5ncc(C(=O)NCC(F)F)c5c4)c[nH]c3n2)CC1. The summed E-state index contributed by atoms with van der Waals surface area (Å²) >= 11 is 0. The number of rotatable bonds is 7. The molecule has 1 fully saturated rings. The monoisotopic (exact) mass is 469 g/mol. The predicted molar refractivity (Wildman–Crippen MR) is 123 cm³/mol. The first kappa shape index (κ1) is 22.2. The molecule has 9 nitrogen and oxygen atoms in total. The Labute approximate surface area is 193 Å². The van der Waals surface area contributed by atoms with Crippen LogP contribution in [0.25, 0.3) is 27.7 Å². The van der Waals surface area contributed by atoms with Crippen molar-refractivity contribution in [1.29, 1.82) is 0 Å². The molecule has 0 saturated heterocycles. The van der Waals surface area contributed by atoms with Gasteiger partial charge < -0.3 is 20.4 Å². The number of hydrogen-bond acceptors (Lipinski definition) is 6. The van der Waals surface area contributed by atoms with Gasteiger partial charge in [-0.1, -0.05) is 0 Å². The number of fused-ring (bicyclic) bond motifs is 2. The van der Waals surface area contributed by atoms with Gasteiger partial charge in [0.15, 0.2) is 0 Å². The summed E-state index contributed by atoms with van der Waals surface area (Å²) < 4.78 is 31.9. The Bertz CT molecular complexity index is 1310. The highest BCUT2D eigenvalue weighted by Gasteiger charge is 2.22. The Hall–Kier alpha value is -3.60. The summed E-state index contributed by atoms with van der Waals surface area (Å²) in [6, 6.07) is 3.98. The van der Waals surface area contributed by atoms with Crippen LogP contribution in [-0.2, 0) is 4.74 Å². The topological polar surface area (TPSA) is 109 Å². The Kier molecular flexibility index (Phi) is 6.10. The van der Waals surface area contributed by atoms with Gasteiger partial charge in [-0.2, -0.15) is 10.1 Å². The van der Waals surface area contributed by atoms with Crippen LogP contribution in [0.15, 0.2) is 36.9 Å².